The van der Waals surface area contributed by atoms with Gasteiger partial charge in [0.15, 0.2) is 0 Å². The first-order chi connectivity index (χ1) is 9.33. The molecule has 0 saturated heterocycles. The van der Waals surface area contributed by atoms with Crippen LogP contribution in [-0.4, -0.2) is 32.5 Å². The fourth-order valence-corrected chi connectivity index (χ4v) is 2.66. The first kappa shape index (κ1) is 12.7. The van der Waals surface area contributed by atoms with E-state index in [0.717, 1.165) is 28.2 Å². The number of benzene rings is 1. The van der Waals surface area contributed by atoms with Crippen molar-refractivity contribution in [3.63, 3.8) is 0 Å². The monoisotopic (exact) mass is 295 g/mol. The van der Waals surface area contributed by atoms with Gasteiger partial charge in [0, 0.05) is 23.0 Å². The topological polar surface area (TPSA) is 55.6 Å². The summed E-state index contributed by atoms with van der Waals surface area (Å²) in [6.07, 6.45) is 2.39. The van der Waals surface area contributed by atoms with Crippen molar-refractivity contribution in [3.8, 4) is 0 Å². The van der Waals surface area contributed by atoms with Gasteiger partial charge in [0.05, 0.1) is 6.04 Å². The van der Waals surface area contributed by atoms with Crippen LogP contribution in [0.15, 0.2) is 29.4 Å². The zero-order valence-corrected chi connectivity index (χ0v) is 11.9. The third kappa shape index (κ3) is 3.39. The number of hydrogen-bond donors (Lipinski definition) is 1. The predicted molar refractivity (Wildman–Crippen MR) is 76.8 cm³/mol. The molecular formula is C12H14ClN5S. The van der Waals surface area contributed by atoms with Gasteiger partial charge in [-0.3, -0.25) is 0 Å². The number of nitrogens with zero attached hydrogens (tertiary/aromatic N) is 4. The molecule has 0 radical (unpaired) electrons. The largest absolute Gasteiger partial charge is 0.384 e. The van der Waals surface area contributed by atoms with E-state index >= 15 is 0 Å². The van der Waals surface area contributed by atoms with Gasteiger partial charge in [-0.15, -0.1) is 5.10 Å². The molecule has 2 aromatic rings. The van der Waals surface area contributed by atoms with Crippen molar-refractivity contribution in [2.75, 3.05) is 17.6 Å². The summed E-state index contributed by atoms with van der Waals surface area (Å²) in [5, 5.41) is 16.8. The molecule has 1 aromatic heterocycles. The first-order valence-electron chi connectivity index (χ1n) is 6.23. The zero-order chi connectivity index (χ0) is 13.1. The maximum absolute atomic E-state index is 5.84. The highest BCUT2D eigenvalue weighted by atomic mass is 35.5. The highest BCUT2D eigenvalue weighted by Crippen LogP contribution is 2.36. The van der Waals surface area contributed by atoms with Crippen LogP contribution in [-0.2, 0) is 0 Å². The molecule has 0 unspecified atom stereocenters. The molecule has 0 amide bonds. The van der Waals surface area contributed by atoms with E-state index in [1.54, 1.807) is 11.8 Å². The van der Waals surface area contributed by atoms with Gasteiger partial charge in [0.25, 0.3) is 0 Å². The van der Waals surface area contributed by atoms with Crippen LogP contribution in [0.2, 0.25) is 5.02 Å². The molecule has 0 bridgehead atoms. The predicted octanol–water partition coefficient (Wildman–Crippen LogP) is 2.87. The minimum Gasteiger partial charge on any atom is -0.384 e. The van der Waals surface area contributed by atoms with Crippen LogP contribution in [0.25, 0.3) is 0 Å². The molecule has 1 heterocycles. The fraction of sp³-hybridized carbons (Fsp3) is 0.417. The molecule has 1 aliphatic rings. The quantitative estimate of drug-likeness (QED) is 0.656. The number of tetrazole rings is 1. The summed E-state index contributed by atoms with van der Waals surface area (Å²) in [6.45, 7) is 0.865. The Morgan fingerprint density at radius 1 is 1.32 bits per heavy atom. The standard InChI is InChI=1S/C12H14ClN5S/c13-9-1-3-10(4-2-9)14-7-8-19-12-15-16-17-18(12)11-5-6-11/h1-4,11,14H,5-8H2. The zero-order valence-electron chi connectivity index (χ0n) is 10.3. The number of aromatic nitrogens is 4. The van der Waals surface area contributed by atoms with E-state index in [1.165, 1.54) is 12.8 Å². The Kier molecular flexibility index (Phi) is 3.89. The second-order valence-corrected chi connectivity index (χ2v) is 5.92. The summed E-state index contributed by atoms with van der Waals surface area (Å²) in [4.78, 5) is 0. The summed E-state index contributed by atoms with van der Waals surface area (Å²) in [5.74, 6) is 0.926. The Balaban J connectivity index is 1.45. The van der Waals surface area contributed by atoms with E-state index in [0.29, 0.717) is 6.04 Å². The normalized spacial score (nSPS) is 14.6. The van der Waals surface area contributed by atoms with E-state index in [9.17, 15) is 0 Å². The lowest BCUT2D eigenvalue weighted by atomic mass is 10.3. The third-order valence-corrected chi connectivity index (χ3v) is 4.05. The van der Waals surface area contributed by atoms with Crippen LogP contribution in [0, 0.1) is 0 Å². The number of rotatable bonds is 6. The number of nitrogens with one attached hydrogen (secondary N) is 1. The molecule has 0 spiro atoms. The lowest BCUT2D eigenvalue weighted by Gasteiger charge is -2.06. The molecule has 100 valence electrons. The van der Waals surface area contributed by atoms with Crippen molar-refractivity contribution in [2.45, 2.75) is 24.0 Å². The summed E-state index contributed by atoms with van der Waals surface area (Å²) in [5.41, 5.74) is 1.08. The van der Waals surface area contributed by atoms with E-state index in [1.807, 2.05) is 28.9 Å². The number of halogens is 1. The maximum Gasteiger partial charge on any atom is 0.209 e. The van der Waals surface area contributed by atoms with Crippen molar-refractivity contribution in [1.29, 1.82) is 0 Å². The van der Waals surface area contributed by atoms with E-state index < -0.39 is 0 Å². The first-order valence-corrected chi connectivity index (χ1v) is 7.59. The van der Waals surface area contributed by atoms with Crippen LogP contribution < -0.4 is 5.32 Å². The van der Waals surface area contributed by atoms with Crippen LogP contribution in [0.5, 0.6) is 0 Å². The van der Waals surface area contributed by atoms with Crippen molar-refractivity contribution < 1.29 is 0 Å². The molecule has 19 heavy (non-hydrogen) atoms. The van der Waals surface area contributed by atoms with Crippen molar-refractivity contribution in [2.24, 2.45) is 0 Å². The van der Waals surface area contributed by atoms with Crippen molar-refractivity contribution in [1.82, 2.24) is 20.2 Å². The Morgan fingerprint density at radius 2 is 2.11 bits per heavy atom. The molecular weight excluding hydrogens is 282 g/mol. The van der Waals surface area contributed by atoms with Crippen molar-refractivity contribution in [3.05, 3.63) is 29.3 Å². The van der Waals surface area contributed by atoms with Gasteiger partial charge < -0.3 is 5.32 Å². The molecule has 1 aromatic carbocycles. The van der Waals surface area contributed by atoms with E-state index in [-0.39, 0.29) is 0 Å². The van der Waals surface area contributed by atoms with Crippen LogP contribution in [0.3, 0.4) is 0 Å². The second-order valence-electron chi connectivity index (χ2n) is 4.42. The summed E-state index contributed by atoms with van der Waals surface area (Å²) < 4.78 is 1.94. The summed E-state index contributed by atoms with van der Waals surface area (Å²) in [7, 11) is 0. The molecule has 3 rings (SSSR count). The van der Waals surface area contributed by atoms with Crippen LogP contribution in [0.1, 0.15) is 18.9 Å². The van der Waals surface area contributed by atoms with E-state index in [4.69, 9.17) is 11.6 Å². The minimum atomic E-state index is 0.529. The molecule has 1 N–H and O–H groups in total. The molecule has 0 aliphatic heterocycles. The lowest BCUT2D eigenvalue weighted by molar-refractivity contribution is 0.565. The minimum absolute atomic E-state index is 0.529. The average molecular weight is 296 g/mol. The van der Waals surface area contributed by atoms with Crippen molar-refractivity contribution >= 4 is 29.1 Å². The van der Waals surface area contributed by atoms with Gasteiger partial charge in [-0.05, 0) is 47.5 Å². The molecule has 0 atom stereocenters. The Hall–Kier alpha value is -1.27. The smallest absolute Gasteiger partial charge is 0.209 e. The molecule has 1 saturated carbocycles. The maximum atomic E-state index is 5.84. The Labute approximate surface area is 120 Å². The van der Waals surface area contributed by atoms with Gasteiger partial charge in [0.2, 0.25) is 5.16 Å². The van der Waals surface area contributed by atoms with Crippen LogP contribution in [0.4, 0.5) is 5.69 Å². The SMILES string of the molecule is Clc1ccc(NCCSc2nnnn2C2CC2)cc1. The fourth-order valence-electron chi connectivity index (χ4n) is 1.73. The molecule has 7 heteroatoms. The Morgan fingerprint density at radius 3 is 2.84 bits per heavy atom. The van der Waals surface area contributed by atoms with Gasteiger partial charge >= 0.3 is 0 Å². The van der Waals surface area contributed by atoms with Crippen LogP contribution >= 0.6 is 23.4 Å². The Bertz CT molecular complexity index is 537. The third-order valence-electron chi connectivity index (χ3n) is 2.86. The second kappa shape index (κ2) is 5.79. The molecule has 5 nitrogen and oxygen atoms in total. The number of anilines is 1. The highest BCUT2D eigenvalue weighted by molar-refractivity contribution is 7.99. The molecule has 1 fully saturated rings. The average Bonchev–Trinajstić information content (AvgIpc) is 3.16. The lowest BCUT2D eigenvalue weighted by Crippen LogP contribution is -2.05. The van der Waals surface area contributed by atoms with E-state index in [2.05, 4.69) is 20.8 Å². The number of hydrogen-bond acceptors (Lipinski definition) is 5. The molecule has 1 aliphatic carbocycles. The highest BCUT2D eigenvalue weighted by Gasteiger charge is 2.27. The van der Waals surface area contributed by atoms with Gasteiger partial charge in [-0.1, -0.05) is 23.4 Å². The number of thioether (sulfide) groups is 1. The van der Waals surface area contributed by atoms with Gasteiger partial charge in [-0.25, -0.2) is 4.68 Å². The summed E-state index contributed by atoms with van der Waals surface area (Å²) in [6, 6.07) is 8.24. The summed E-state index contributed by atoms with van der Waals surface area (Å²) >= 11 is 7.52. The van der Waals surface area contributed by atoms with Gasteiger partial charge in [-0.2, -0.15) is 0 Å². The van der Waals surface area contributed by atoms with Gasteiger partial charge in [0.1, 0.15) is 0 Å².